The zero-order valence-corrected chi connectivity index (χ0v) is 12.2. The van der Waals surface area contributed by atoms with Crippen molar-refractivity contribution < 1.29 is 4.79 Å². The van der Waals surface area contributed by atoms with Crippen molar-refractivity contribution in [2.45, 2.75) is 33.7 Å². The first kappa shape index (κ1) is 15.0. The second-order valence-electron chi connectivity index (χ2n) is 4.93. The van der Waals surface area contributed by atoms with Crippen LogP contribution in [0.15, 0.2) is 18.2 Å². The minimum atomic E-state index is -0.292. The number of urea groups is 1. The maximum Gasteiger partial charge on any atom is 0.331 e. The van der Waals surface area contributed by atoms with Crippen LogP contribution in [-0.2, 0) is 0 Å². The van der Waals surface area contributed by atoms with Crippen LogP contribution >= 0.6 is 0 Å². The van der Waals surface area contributed by atoms with Crippen molar-refractivity contribution in [3.8, 4) is 0 Å². The van der Waals surface area contributed by atoms with Gasteiger partial charge in [-0.25, -0.2) is 4.79 Å². The van der Waals surface area contributed by atoms with Gasteiger partial charge >= 0.3 is 6.03 Å². The fourth-order valence-corrected chi connectivity index (χ4v) is 2.19. The molecule has 1 rings (SSSR count). The molecular weight excluding hydrogens is 240 g/mol. The Kier molecular flexibility index (Phi) is 4.53. The van der Waals surface area contributed by atoms with Gasteiger partial charge in [-0.2, -0.15) is 0 Å². The minimum absolute atomic E-state index is 0.156. The standard InChI is InChI=1S/C14H22N4O/c1-9(2)18(13(15)16)14(19)17(5)12-10(3)7-6-8-11(12)4/h6-9H,1-5H3,(H3,15,16). The first-order valence-corrected chi connectivity index (χ1v) is 6.24. The molecule has 0 fully saturated rings. The van der Waals surface area contributed by atoms with Crippen LogP contribution in [0, 0.1) is 19.3 Å². The smallest absolute Gasteiger partial charge is 0.331 e. The maximum absolute atomic E-state index is 12.5. The summed E-state index contributed by atoms with van der Waals surface area (Å²) in [6.07, 6.45) is 0. The largest absolute Gasteiger partial charge is 0.370 e. The van der Waals surface area contributed by atoms with Crippen molar-refractivity contribution in [3.63, 3.8) is 0 Å². The van der Waals surface area contributed by atoms with Crippen LogP contribution in [0.5, 0.6) is 0 Å². The number of anilines is 1. The molecule has 19 heavy (non-hydrogen) atoms. The van der Waals surface area contributed by atoms with Gasteiger partial charge in [0.1, 0.15) is 0 Å². The molecule has 0 aliphatic rings. The molecular formula is C14H22N4O. The molecule has 0 aliphatic carbocycles. The molecule has 0 atom stereocenters. The average Bonchev–Trinajstić information content (AvgIpc) is 2.27. The predicted molar refractivity (Wildman–Crippen MR) is 78.6 cm³/mol. The highest BCUT2D eigenvalue weighted by molar-refractivity contribution is 6.03. The molecule has 0 aliphatic heterocycles. The monoisotopic (exact) mass is 262 g/mol. The molecule has 104 valence electrons. The van der Waals surface area contributed by atoms with Crippen LogP contribution in [-0.4, -0.2) is 30.0 Å². The van der Waals surface area contributed by atoms with Crippen LogP contribution in [0.3, 0.4) is 0 Å². The summed E-state index contributed by atoms with van der Waals surface area (Å²) in [5.41, 5.74) is 8.39. The lowest BCUT2D eigenvalue weighted by molar-refractivity contribution is 0.220. The number of amides is 2. The van der Waals surface area contributed by atoms with Crippen molar-refractivity contribution >= 4 is 17.7 Å². The molecule has 5 nitrogen and oxygen atoms in total. The van der Waals surface area contributed by atoms with Crippen LogP contribution in [0.1, 0.15) is 25.0 Å². The van der Waals surface area contributed by atoms with Crippen LogP contribution in [0.4, 0.5) is 10.5 Å². The van der Waals surface area contributed by atoms with Gasteiger partial charge in [0.25, 0.3) is 0 Å². The van der Waals surface area contributed by atoms with E-state index in [2.05, 4.69) is 0 Å². The molecule has 1 aromatic rings. The molecule has 0 saturated heterocycles. The van der Waals surface area contributed by atoms with Gasteiger partial charge < -0.3 is 5.73 Å². The Labute approximate surface area is 114 Å². The molecule has 0 spiro atoms. The number of nitrogens with two attached hydrogens (primary N) is 1. The van der Waals surface area contributed by atoms with Crippen molar-refractivity contribution in [1.82, 2.24) is 4.90 Å². The van der Waals surface area contributed by atoms with Crippen molar-refractivity contribution in [1.29, 1.82) is 5.41 Å². The Morgan fingerprint density at radius 3 is 2.11 bits per heavy atom. The number of carbonyl (C=O) groups excluding carboxylic acids is 1. The Balaban J connectivity index is 3.15. The third kappa shape index (κ3) is 3.05. The van der Waals surface area contributed by atoms with Gasteiger partial charge in [-0.15, -0.1) is 0 Å². The third-order valence-electron chi connectivity index (χ3n) is 3.04. The number of aryl methyl sites for hydroxylation is 2. The quantitative estimate of drug-likeness (QED) is 0.634. The minimum Gasteiger partial charge on any atom is -0.370 e. The second kappa shape index (κ2) is 5.73. The van der Waals surface area contributed by atoms with E-state index >= 15 is 0 Å². The molecule has 0 unspecified atom stereocenters. The van der Waals surface area contributed by atoms with E-state index in [4.69, 9.17) is 11.1 Å². The number of rotatable bonds is 2. The van der Waals surface area contributed by atoms with E-state index in [1.165, 1.54) is 4.90 Å². The first-order valence-electron chi connectivity index (χ1n) is 6.24. The highest BCUT2D eigenvalue weighted by Crippen LogP contribution is 2.24. The van der Waals surface area contributed by atoms with Crippen LogP contribution in [0.2, 0.25) is 0 Å². The topological polar surface area (TPSA) is 73.4 Å². The molecule has 0 heterocycles. The van der Waals surface area contributed by atoms with Gasteiger partial charge in [-0.05, 0) is 38.8 Å². The van der Waals surface area contributed by atoms with E-state index in [1.807, 2.05) is 45.9 Å². The highest BCUT2D eigenvalue weighted by atomic mass is 16.2. The van der Waals surface area contributed by atoms with Gasteiger partial charge in [0.05, 0.1) is 5.69 Å². The summed E-state index contributed by atoms with van der Waals surface area (Å²) >= 11 is 0. The maximum atomic E-state index is 12.5. The number of hydrogen-bond acceptors (Lipinski definition) is 2. The number of carbonyl (C=O) groups is 1. The summed E-state index contributed by atoms with van der Waals surface area (Å²) < 4.78 is 0. The number of hydrogen-bond donors (Lipinski definition) is 2. The fourth-order valence-electron chi connectivity index (χ4n) is 2.19. The molecule has 3 N–H and O–H groups in total. The van der Waals surface area contributed by atoms with Gasteiger partial charge in [-0.3, -0.25) is 15.2 Å². The fraction of sp³-hybridized carbons (Fsp3) is 0.429. The summed E-state index contributed by atoms with van der Waals surface area (Å²) in [6, 6.07) is 5.42. The number of benzene rings is 1. The molecule has 5 heteroatoms. The number of nitrogens with zero attached hydrogens (tertiary/aromatic N) is 2. The van der Waals surface area contributed by atoms with E-state index in [0.29, 0.717) is 0 Å². The first-order chi connectivity index (χ1) is 8.77. The number of para-hydroxylation sites is 1. The third-order valence-corrected chi connectivity index (χ3v) is 3.04. The summed E-state index contributed by atoms with van der Waals surface area (Å²) in [5, 5.41) is 7.53. The molecule has 1 aromatic carbocycles. The lowest BCUT2D eigenvalue weighted by Crippen LogP contribution is -2.51. The van der Waals surface area contributed by atoms with E-state index in [0.717, 1.165) is 16.8 Å². The van der Waals surface area contributed by atoms with Crippen molar-refractivity contribution in [2.24, 2.45) is 5.73 Å². The molecule has 0 saturated carbocycles. The van der Waals surface area contributed by atoms with Gasteiger partial charge in [0.2, 0.25) is 0 Å². The molecule has 2 amide bonds. The van der Waals surface area contributed by atoms with Crippen LogP contribution < -0.4 is 10.6 Å². The summed E-state index contributed by atoms with van der Waals surface area (Å²) in [4.78, 5) is 15.3. The molecule has 0 radical (unpaired) electrons. The number of guanidine groups is 1. The zero-order chi connectivity index (χ0) is 14.7. The summed E-state index contributed by atoms with van der Waals surface area (Å²) in [7, 11) is 1.70. The van der Waals surface area contributed by atoms with Gasteiger partial charge in [0, 0.05) is 13.1 Å². The van der Waals surface area contributed by atoms with E-state index in [-0.39, 0.29) is 18.0 Å². The van der Waals surface area contributed by atoms with E-state index < -0.39 is 0 Å². The van der Waals surface area contributed by atoms with Gasteiger partial charge in [-0.1, -0.05) is 18.2 Å². The van der Waals surface area contributed by atoms with E-state index in [1.54, 1.807) is 11.9 Å². The zero-order valence-electron chi connectivity index (χ0n) is 12.2. The predicted octanol–water partition coefficient (Wildman–Crippen LogP) is 2.46. The van der Waals surface area contributed by atoms with Crippen LogP contribution in [0.25, 0.3) is 0 Å². The Morgan fingerprint density at radius 2 is 1.74 bits per heavy atom. The number of nitrogens with one attached hydrogen (secondary N) is 1. The van der Waals surface area contributed by atoms with Crippen molar-refractivity contribution in [2.75, 3.05) is 11.9 Å². The molecule has 0 aromatic heterocycles. The summed E-state index contributed by atoms with van der Waals surface area (Å²) in [6.45, 7) is 7.58. The average molecular weight is 262 g/mol. The lowest BCUT2D eigenvalue weighted by atomic mass is 10.1. The SMILES string of the molecule is Cc1cccc(C)c1N(C)C(=O)N(C(=N)N)C(C)C. The van der Waals surface area contributed by atoms with Gasteiger partial charge in [0.15, 0.2) is 5.96 Å². The van der Waals surface area contributed by atoms with E-state index in [9.17, 15) is 4.79 Å². The normalized spacial score (nSPS) is 10.4. The molecule has 0 bridgehead atoms. The summed E-state index contributed by atoms with van der Waals surface area (Å²) in [5.74, 6) is -0.238. The highest BCUT2D eigenvalue weighted by Gasteiger charge is 2.25. The Morgan fingerprint density at radius 1 is 1.26 bits per heavy atom. The second-order valence-corrected chi connectivity index (χ2v) is 4.93. The Hall–Kier alpha value is -2.04. The Bertz CT molecular complexity index is 476. The lowest BCUT2D eigenvalue weighted by Gasteiger charge is -2.31. The van der Waals surface area contributed by atoms with Crippen molar-refractivity contribution in [3.05, 3.63) is 29.3 Å².